The zero-order valence-corrected chi connectivity index (χ0v) is 11.6. The maximum Gasteiger partial charge on any atom is 0.405 e. The highest BCUT2D eigenvalue weighted by Crippen LogP contribution is 2.29. The molecule has 1 N–H and O–H groups in total. The van der Waals surface area contributed by atoms with E-state index in [1.165, 1.54) is 0 Å². The summed E-state index contributed by atoms with van der Waals surface area (Å²) in [7, 11) is 0. The van der Waals surface area contributed by atoms with E-state index in [-0.39, 0.29) is 11.7 Å². The quantitative estimate of drug-likeness (QED) is 0.849. The monoisotopic (exact) mass is 296 g/mol. The number of nitrogens with zero attached hydrogens (tertiary/aromatic N) is 1. The number of thiazole rings is 1. The van der Waals surface area contributed by atoms with Gasteiger partial charge in [0, 0.05) is 5.38 Å². The third-order valence-corrected chi connectivity index (χ3v) is 3.17. The minimum absolute atomic E-state index is 0.129. The number of alkyl halides is 3. The van der Waals surface area contributed by atoms with Gasteiger partial charge in [0.05, 0.1) is 12.3 Å². The first-order valence-electron chi connectivity index (χ1n) is 5.60. The van der Waals surface area contributed by atoms with Crippen LogP contribution in [0.3, 0.4) is 0 Å². The molecule has 0 radical (unpaired) electrons. The molecule has 0 saturated carbocycles. The molecule has 8 heteroatoms. The molecule has 0 spiro atoms. The van der Waals surface area contributed by atoms with Crippen molar-refractivity contribution in [3.63, 3.8) is 0 Å². The third kappa shape index (κ3) is 4.38. The van der Waals surface area contributed by atoms with Gasteiger partial charge in [-0.3, -0.25) is 4.79 Å². The van der Waals surface area contributed by atoms with Gasteiger partial charge in [0.25, 0.3) is 0 Å². The van der Waals surface area contributed by atoms with E-state index in [9.17, 15) is 18.0 Å². The largest absolute Gasteiger partial charge is 0.465 e. The molecule has 0 unspecified atom stereocenters. The molecule has 1 aromatic rings. The van der Waals surface area contributed by atoms with E-state index in [4.69, 9.17) is 4.74 Å². The summed E-state index contributed by atoms with van der Waals surface area (Å²) in [6.07, 6.45) is -4.30. The van der Waals surface area contributed by atoms with Crippen LogP contribution in [0.4, 0.5) is 18.3 Å². The second-order valence-corrected chi connectivity index (χ2v) is 5.21. The summed E-state index contributed by atoms with van der Waals surface area (Å²) < 4.78 is 41.1. The zero-order chi connectivity index (χ0) is 14.7. The highest BCUT2D eigenvalue weighted by molar-refractivity contribution is 7.13. The maximum atomic E-state index is 12.1. The van der Waals surface area contributed by atoms with Crippen LogP contribution in [0.15, 0.2) is 5.38 Å². The number of esters is 1. The van der Waals surface area contributed by atoms with Crippen LogP contribution in [0.2, 0.25) is 0 Å². The lowest BCUT2D eigenvalue weighted by molar-refractivity contribution is -0.148. The van der Waals surface area contributed by atoms with Crippen molar-refractivity contribution >= 4 is 22.4 Å². The number of carbonyl (C=O) groups excluding carboxylic acids is 1. The van der Waals surface area contributed by atoms with Gasteiger partial charge in [-0.15, -0.1) is 11.3 Å². The minimum atomic E-state index is -4.30. The van der Waals surface area contributed by atoms with Crippen LogP contribution in [0.25, 0.3) is 0 Å². The van der Waals surface area contributed by atoms with Crippen molar-refractivity contribution in [3.05, 3.63) is 11.1 Å². The Kier molecular flexibility index (Phi) is 4.78. The van der Waals surface area contributed by atoms with Crippen molar-refractivity contribution in [3.8, 4) is 0 Å². The molecule has 0 amide bonds. The van der Waals surface area contributed by atoms with Crippen LogP contribution in [0.5, 0.6) is 0 Å². The molecule has 0 aliphatic rings. The third-order valence-electron chi connectivity index (χ3n) is 2.37. The summed E-state index contributed by atoms with van der Waals surface area (Å²) in [5, 5.41) is 3.86. The smallest absolute Gasteiger partial charge is 0.405 e. The van der Waals surface area contributed by atoms with E-state index in [0.717, 1.165) is 11.3 Å². The number of hydrogen-bond acceptors (Lipinski definition) is 5. The molecule has 1 rings (SSSR count). The highest BCUT2D eigenvalue weighted by atomic mass is 32.1. The summed E-state index contributed by atoms with van der Waals surface area (Å²) >= 11 is 1.02. The standard InChI is InChI=1S/C11H15F3N2O2S/c1-4-18-8(17)10(2,3)7-5-19-9(16-7)15-6-11(12,13)14/h5H,4,6H2,1-3H3,(H,15,16). The summed E-state index contributed by atoms with van der Waals surface area (Å²) in [6, 6.07) is 0. The Balaban J connectivity index is 2.76. The molecule has 108 valence electrons. The van der Waals surface area contributed by atoms with Gasteiger partial charge in [-0.05, 0) is 20.8 Å². The van der Waals surface area contributed by atoms with Crippen LogP contribution in [0, 0.1) is 0 Å². The molecule has 4 nitrogen and oxygen atoms in total. The molecule has 0 fully saturated rings. The van der Waals surface area contributed by atoms with E-state index >= 15 is 0 Å². The Morgan fingerprint density at radius 3 is 2.63 bits per heavy atom. The molecule has 0 aromatic carbocycles. The molecule has 1 aromatic heterocycles. The number of nitrogens with one attached hydrogen (secondary N) is 1. The number of carbonyl (C=O) groups is 1. The van der Waals surface area contributed by atoms with Crippen molar-refractivity contribution < 1.29 is 22.7 Å². The first-order chi connectivity index (χ1) is 8.66. The van der Waals surface area contributed by atoms with Crippen molar-refractivity contribution in [1.29, 1.82) is 0 Å². The van der Waals surface area contributed by atoms with Crippen molar-refractivity contribution in [1.82, 2.24) is 4.98 Å². The van der Waals surface area contributed by atoms with E-state index in [1.54, 1.807) is 26.2 Å². The molecule has 0 aliphatic heterocycles. The number of halogens is 3. The first kappa shape index (κ1) is 15.7. The van der Waals surface area contributed by atoms with Gasteiger partial charge in [-0.25, -0.2) is 4.98 Å². The molecule has 0 aliphatic carbocycles. The molecule has 0 atom stereocenters. The van der Waals surface area contributed by atoms with Crippen LogP contribution in [0.1, 0.15) is 26.5 Å². The topological polar surface area (TPSA) is 51.2 Å². The van der Waals surface area contributed by atoms with E-state index in [2.05, 4.69) is 10.3 Å². The summed E-state index contributed by atoms with van der Waals surface area (Å²) in [4.78, 5) is 15.7. The fourth-order valence-electron chi connectivity index (χ4n) is 1.23. The van der Waals surface area contributed by atoms with Gasteiger partial charge in [-0.1, -0.05) is 0 Å². The van der Waals surface area contributed by atoms with Crippen molar-refractivity contribution in [2.24, 2.45) is 0 Å². The second-order valence-electron chi connectivity index (χ2n) is 4.35. The van der Waals surface area contributed by atoms with E-state index in [0.29, 0.717) is 5.69 Å². The Hall–Kier alpha value is -1.31. The predicted octanol–water partition coefficient (Wildman–Crippen LogP) is 2.96. The average Bonchev–Trinajstić information content (AvgIpc) is 2.75. The van der Waals surface area contributed by atoms with Crippen LogP contribution >= 0.6 is 11.3 Å². The normalized spacial score (nSPS) is 12.3. The Labute approximate surface area is 113 Å². The fraction of sp³-hybridized carbons (Fsp3) is 0.636. The number of aromatic nitrogens is 1. The Morgan fingerprint density at radius 1 is 1.47 bits per heavy atom. The average molecular weight is 296 g/mol. The summed E-state index contributed by atoms with van der Waals surface area (Å²) in [5.41, 5.74) is -0.592. The number of anilines is 1. The molecule has 0 bridgehead atoms. The first-order valence-corrected chi connectivity index (χ1v) is 6.48. The van der Waals surface area contributed by atoms with Crippen LogP contribution in [-0.4, -0.2) is 30.3 Å². The van der Waals surface area contributed by atoms with Crippen molar-refractivity contribution in [2.45, 2.75) is 32.4 Å². The molecule has 19 heavy (non-hydrogen) atoms. The Bertz CT molecular complexity index is 443. The van der Waals surface area contributed by atoms with Gasteiger partial charge in [-0.2, -0.15) is 13.2 Å². The molecule has 0 saturated heterocycles. The van der Waals surface area contributed by atoms with Gasteiger partial charge in [0.15, 0.2) is 5.13 Å². The fourth-order valence-corrected chi connectivity index (χ4v) is 2.11. The second kappa shape index (κ2) is 5.77. The summed E-state index contributed by atoms with van der Waals surface area (Å²) in [5.74, 6) is -0.456. The highest BCUT2D eigenvalue weighted by Gasteiger charge is 2.34. The molecular weight excluding hydrogens is 281 g/mol. The lowest BCUT2D eigenvalue weighted by Crippen LogP contribution is -2.31. The minimum Gasteiger partial charge on any atom is -0.465 e. The Morgan fingerprint density at radius 2 is 2.11 bits per heavy atom. The van der Waals surface area contributed by atoms with Crippen molar-refractivity contribution in [2.75, 3.05) is 18.5 Å². The van der Waals surface area contributed by atoms with Gasteiger partial charge in [0.1, 0.15) is 12.0 Å². The lowest BCUT2D eigenvalue weighted by Gasteiger charge is -2.19. The number of rotatable bonds is 5. The zero-order valence-electron chi connectivity index (χ0n) is 10.8. The molecular formula is C11H15F3N2O2S. The van der Waals surface area contributed by atoms with Gasteiger partial charge < -0.3 is 10.1 Å². The SMILES string of the molecule is CCOC(=O)C(C)(C)c1csc(NCC(F)(F)F)n1. The van der Waals surface area contributed by atoms with E-state index < -0.39 is 24.1 Å². The van der Waals surface area contributed by atoms with E-state index in [1.807, 2.05) is 0 Å². The van der Waals surface area contributed by atoms with Crippen LogP contribution in [-0.2, 0) is 14.9 Å². The summed E-state index contributed by atoms with van der Waals surface area (Å²) in [6.45, 7) is 4.01. The predicted molar refractivity (Wildman–Crippen MR) is 66.3 cm³/mol. The lowest BCUT2D eigenvalue weighted by atomic mass is 9.90. The molecule has 1 heterocycles. The number of ether oxygens (including phenoxy) is 1. The van der Waals surface area contributed by atoms with Gasteiger partial charge >= 0.3 is 12.1 Å². The number of hydrogen-bond donors (Lipinski definition) is 1. The van der Waals surface area contributed by atoms with Crippen LogP contribution < -0.4 is 5.32 Å². The van der Waals surface area contributed by atoms with Gasteiger partial charge in [0.2, 0.25) is 0 Å². The maximum absolute atomic E-state index is 12.1.